The van der Waals surface area contributed by atoms with Crippen LogP contribution in [0.2, 0.25) is 5.15 Å². The second-order valence-corrected chi connectivity index (χ2v) is 6.27. The Hall–Kier alpha value is -2.07. The highest BCUT2D eigenvalue weighted by Gasteiger charge is 2.23. The first-order valence-electron chi connectivity index (χ1n) is 6.73. The number of aromatic nitrogens is 3. The summed E-state index contributed by atoms with van der Waals surface area (Å²) in [4.78, 5) is 11.9. The average Bonchev–Trinajstić information content (AvgIpc) is 3.05. The first-order chi connectivity index (χ1) is 9.95. The standard InChI is InChI=1S/C16H16ClN3O/c1-16(2,3)15-19-12(13(17)20-15)14-18-9-11(21-14)10-7-5-4-6-8-10/h4-9H,1-3H3,(H,19,20). The van der Waals surface area contributed by atoms with Crippen molar-refractivity contribution >= 4 is 11.6 Å². The van der Waals surface area contributed by atoms with E-state index in [-0.39, 0.29) is 5.41 Å². The number of imidazole rings is 1. The molecule has 0 unspecified atom stereocenters. The van der Waals surface area contributed by atoms with E-state index in [9.17, 15) is 0 Å². The highest BCUT2D eigenvalue weighted by atomic mass is 35.5. The summed E-state index contributed by atoms with van der Waals surface area (Å²) in [5, 5.41) is 0.446. The minimum atomic E-state index is -0.114. The van der Waals surface area contributed by atoms with Crippen molar-refractivity contribution < 1.29 is 4.42 Å². The largest absolute Gasteiger partial charge is 0.435 e. The molecule has 2 aromatic heterocycles. The smallest absolute Gasteiger partial charge is 0.248 e. The number of hydrogen-bond donors (Lipinski definition) is 1. The summed E-state index contributed by atoms with van der Waals surface area (Å²) in [7, 11) is 0. The number of hydrogen-bond acceptors (Lipinski definition) is 3. The van der Waals surface area contributed by atoms with E-state index in [2.05, 4.69) is 35.7 Å². The van der Waals surface area contributed by atoms with Gasteiger partial charge >= 0.3 is 0 Å². The van der Waals surface area contributed by atoms with Gasteiger partial charge in [-0.3, -0.25) is 0 Å². The molecule has 0 aliphatic heterocycles. The molecule has 0 atom stereocenters. The summed E-state index contributed by atoms with van der Waals surface area (Å²) in [6.45, 7) is 6.20. The van der Waals surface area contributed by atoms with Gasteiger partial charge in [-0.15, -0.1) is 0 Å². The molecule has 1 N–H and O–H groups in total. The van der Waals surface area contributed by atoms with E-state index in [1.165, 1.54) is 0 Å². The van der Waals surface area contributed by atoms with Crippen molar-refractivity contribution in [1.29, 1.82) is 0 Å². The molecule has 0 aliphatic carbocycles. The molecule has 0 saturated carbocycles. The number of nitrogens with one attached hydrogen (secondary N) is 1. The maximum Gasteiger partial charge on any atom is 0.248 e. The fourth-order valence-corrected chi connectivity index (χ4v) is 2.18. The molecule has 3 rings (SSSR count). The van der Waals surface area contributed by atoms with Crippen molar-refractivity contribution in [3.05, 3.63) is 47.5 Å². The fourth-order valence-electron chi connectivity index (χ4n) is 1.97. The lowest BCUT2D eigenvalue weighted by molar-refractivity contribution is 0.550. The first kappa shape index (κ1) is 13.9. The van der Waals surface area contributed by atoms with Crippen LogP contribution in [0, 0.1) is 0 Å². The number of rotatable bonds is 2. The predicted molar refractivity (Wildman–Crippen MR) is 83.2 cm³/mol. The van der Waals surface area contributed by atoms with E-state index in [0.29, 0.717) is 22.5 Å². The molecule has 0 spiro atoms. The van der Waals surface area contributed by atoms with E-state index < -0.39 is 0 Å². The molecule has 0 fully saturated rings. The quantitative estimate of drug-likeness (QED) is 0.747. The van der Waals surface area contributed by atoms with E-state index in [0.717, 1.165) is 11.4 Å². The maximum atomic E-state index is 6.22. The van der Waals surface area contributed by atoms with Crippen LogP contribution >= 0.6 is 11.6 Å². The Morgan fingerprint density at radius 1 is 1.14 bits per heavy atom. The molecular formula is C16H16ClN3O. The first-order valence-corrected chi connectivity index (χ1v) is 7.10. The van der Waals surface area contributed by atoms with E-state index in [1.807, 2.05) is 30.3 Å². The lowest BCUT2D eigenvalue weighted by atomic mass is 9.96. The Bertz CT molecular complexity index is 753. The highest BCUT2D eigenvalue weighted by molar-refractivity contribution is 6.31. The Morgan fingerprint density at radius 2 is 1.86 bits per heavy atom. The molecule has 4 nitrogen and oxygen atoms in total. The molecular weight excluding hydrogens is 286 g/mol. The van der Waals surface area contributed by atoms with Crippen LogP contribution in [0.5, 0.6) is 0 Å². The number of benzene rings is 1. The maximum absolute atomic E-state index is 6.22. The van der Waals surface area contributed by atoms with Crippen molar-refractivity contribution in [1.82, 2.24) is 15.0 Å². The van der Waals surface area contributed by atoms with Crippen molar-refractivity contribution in [3.8, 4) is 22.9 Å². The van der Waals surface area contributed by atoms with Gasteiger partial charge in [0.25, 0.3) is 0 Å². The predicted octanol–water partition coefficient (Wildman–Crippen LogP) is 4.68. The third kappa shape index (κ3) is 2.72. The zero-order chi connectivity index (χ0) is 15.0. The molecule has 0 radical (unpaired) electrons. The number of halogens is 1. The second-order valence-electron chi connectivity index (χ2n) is 5.89. The van der Waals surface area contributed by atoms with Crippen LogP contribution in [0.25, 0.3) is 22.9 Å². The SMILES string of the molecule is CC(C)(C)c1nc(-c2ncc(-c3ccccc3)o2)c(Cl)[nH]1. The van der Waals surface area contributed by atoms with Crippen molar-refractivity contribution in [3.63, 3.8) is 0 Å². The van der Waals surface area contributed by atoms with Crippen molar-refractivity contribution in [2.75, 3.05) is 0 Å². The molecule has 108 valence electrons. The number of oxazole rings is 1. The zero-order valence-electron chi connectivity index (χ0n) is 12.1. The van der Waals surface area contributed by atoms with Gasteiger partial charge in [0.1, 0.15) is 11.0 Å². The summed E-state index contributed by atoms with van der Waals surface area (Å²) < 4.78 is 5.78. The molecule has 0 amide bonds. The molecule has 1 aromatic carbocycles. The van der Waals surface area contributed by atoms with Crippen LogP contribution in [0.15, 0.2) is 40.9 Å². The second kappa shape index (κ2) is 5.04. The zero-order valence-corrected chi connectivity index (χ0v) is 12.9. The fraction of sp³-hybridized carbons (Fsp3) is 0.250. The van der Waals surface area contributed by atoms with Gasteiger partial charge < -0.3 is 9.40 Å². The van der Waals surface area contributed by atoms with Gasteiger partial charge in [-0.05, 0) is 0 Å². The van der Waals surface area contributed by atoms with Crippen LogP contribution in [-0.4, -0.2) is 15.0 Å². The third-order valence-corrected chi connectivity index (χ3v) is 3.41. The van der Waals surface area contributed by atoms with Crippen LogP contribution in [0.1, 0.15) is 26.6 Å². The summed E-state index contributed by atoms with van der Waals surface area (Å²) in [6, 6.07) is 9.81. The minimum Gasteiger partial charge on any atom is -0.435 e. The lowest BCUT2D eigenvalue weighted by Gasteiger charge is -2.13. The highest BCUT2D eigenvalue weighted by Crippen LogP contribution is 2.31. The number of nitrogens with zero attached hydrogens (tertiary/aromatic N) is 2. The van der Waals surface area contributed by atoms with Gasteiger partial charge in [0.15, 0.2) is 11.5 Å². The monoisotopic (exact) mass is 301 g/mol. The van der Waals surface area contributed by atoms with Gasteiger partial charge in [-0.2, -0.15) is 0 Å². The molecule has 0 bridgehead atoms. The Kier molecular flexibility index (Phi) is 3.33. The van der Waals surface area contributed by atoms with Gasteiger partial charge in [0.2, 0.25) is 5.89 Å². The van der Waals surface area contributed by atoms with Gasteiger partial charge in [0, 0.05) is 11.0 Å². The number of H-pyrrole nitrogens is 1. The summed E-state index contributed by atoms with van der Waals surface area (Å²) in [6.07, 6.45) is 1.69. The van der Waals surface area contributed by atoms with Crippen molar-refractivity contribution in [2.24, 2.45) is 0 Å². The van der Waals surface area contributed by atoms with Crippen LogP contribution in [0.3, 0.4) is 0 Å². The van der Waals surface area contributed by atoms with Crippen LogP contribution in [0.4, 0.5) is 0 Å². The third-order valence-electron chi connectivity index (χ3n) is 3.14. The van der Waals surface area contributed by atoms with E-state index in [1.54, 1.807) is 6.20 Å². The van der Waals surface area contributed by atoms with E-state index in [4.69, 9.17) is 16.0 Å². The van der Waals surface area contributed by atoms with Crippen molar-refractivity contribution in [2.45, 2.75) is 26.2 Å². The van der Waals surface area contributed by atoms with E-state index >= 15 is 0 Å². The van der Waals surface area contributed by atoms with Gasteiger partial charge in [-0.1, -0.05) is 62.7 Å². The normalized spacial score (nSPS) is 11.8. The lowest BCUT2D eigenvalue weighted by Crippen LogP contribution is -2.13. The molecule has 21 heavy (non-hydrogen) atoms. The molecule has 5 heteroatoms. The molecule has 0 aliphatic rings. The van der Waals surface area contributed by atoms with Gasteiger partial charge in [-0.25, -0.2) is 9.97 Å². The molecule has 3 aromatic rings. The summed E-state index contributed by atoms with van der Waals surface area (Å²) in [5.41, 5.74) is 1.40. The molecule has 0 saturated heterocycles. The topological polar surface area (TPSA) is 54.7 Å². The summed E-state index contributed by atoms with van der Waals surface area (Å²) >= 11 is 6.22. The van der Waals surface area contributed by atoms with Gasteiger partial charge in [0.05, 0.1) is 6.20 Å². The van der Waals surface area contributed by atoms with Crippen LogP contribution < -0.4 is 0 Å². The Labute approximate surface area is 128 Å². The average molecular weight is 302 g/mol. The summed E-state index contributed by atoms with van der Waals surface area (Å²) in [5.74, 6) is 1.93. The Morgan fingerprint density at radius 3 is 2.48 bits per heavy atom. The molecule has 2 heterocycles. The minimum absolute atomic E-state index is 0.114. The number of aromatic amines is 1. The Balaban J connectivity index is 1.99. The van der Waals surface area contributed by atoms with Crippen LogP contribution in [-0.2, 0) is 5.41 Å².